The lowest BCUT2D eigenvalue weighted by atomic mass is 10.2. The molecule has 0 saturated carbocycles. The fourth-order valence-corrected chi connectivity index (χ4v) is 10.8. The van der Waals surface area contributed by atoms with Crippen LogP contribution in [0.2, 0.25) is 0 Å². The van der Waals surface area contributed by atoms with Gasteiger partial charge in [-0.25, -0.2) is 33.1 Å². The first kappa shape index (κ1) is 75.9. The Bertz CT molecular complexity index is 4740. The van der Waals surface area contributed by atoms with E-state index in [0.717, 1.165) is 32.5 Å². The molecule has 0 spiro atoms. The van der Waals surface area contributed by atoms with Crippen molar-refractivity contribution < 1.29 is 19.2 Å². The smallest absolute Gasteiger partial charge is 0.338 e. The van der Waals surface area contributed by atoms with E-state index >= 15 is 0 Å². The highest BCUT2D eigenvalue weighted by Gasteiger charge is 2.22. The number of anilines is 3. The van der Waals surface area contributed by atoms with Crippen molar-refractivity contribution in [2.45, 2.75) is 18.8 Å². The number of alkyl halides is 1. The summed E-state index contributed by atoms with van der Waals surface area (Å²) in [7, 11) is 14.3. The summed E-state index contributed by atoms with van der Waals surface area (Å²) in [6.07, 6.45) is 26.3. The molecule has 12 rings (SSSR count). The van der Waals surface area contributed by atoms with Gasteiger partial charge in [0.15, 0.2) is 30.9 Å². The Labute approximate surface area is 586 Å². The van der Waals surface area contributed by atoms with Gasteiger partial charge in [-0.15, -0.1) is 0 Å². The topological polar surface area (TPSA) is 438 Å². The fraction of sp³-hybridized carbons (Fsp3) is 0.207. The number of ketones is 4. The van der Waals surface area contributed by atoms with E-state index in [1.807, 2.05) is 33.5 Å². The number of aromatic nitrogens is 20. The molecule has 12 heterocycles. The van der Waals surface area contributed by atoms with Gasteiger partial charge >= 0.3 is 4.95 Å². The number of hydrogen-bond acceptors (Lipinski definition) is 27. The van der Waals surface area contributed by atoms with E-state index in [0.29, 0.717) is 73.6 Å². The Hall–Kier alpha value is -11.8. The molecular weight excluding hydrogens is 1450 g/mol. The second kappa shape index (κ2) is 37.8. The second-order valence-electron chi connectivity index (χ2n) is 18.8. The van der Waals surface area contributed by atoms with Crippen molar-refractivity contribution in [2.75, 3.05) is 37.0 Å². The highest BCUT2D eigenvalue weighted by Crippen LogP contribution is 2.32. The number of nitrogens with two attached hydrogens (primary N) is 1. The molecule has 12 aromatic heterocycles. The Morgan fingerprint density at radius 3 is 1.28 bits per heavy atom. The molecule has 0 saturated heterocycles. The minimum Gasteiger partial charge on any atom is -0.375 e. The van der Waals surface area contributed by atoms with E-state index < -0.39 is 4.95 Å². The summed E-state index contributed by atoms with van der Waals surface area (Å²) in [5.74, 6) is -0.326. The van der Waals surface area contributed by atoms with Crippen molar-refractivity contribution in [2.24, 2.45) is 42.3 Å². The summed E-state index contributed by atoms with van der Waals surface area (Å²) in [5, 5.41) is 79.5. The number of nitrogens with zero attached hydrogens (tertiary/aromatic N) is 24. The van der Waals surface area contributed by atoms with Crippen molar-refractivity contribution in [3.63, 3.8) is 0 Å². The molecule has 97 heavy (non-hydrogen) atoms. The zero-order chi connectivity index (χ0) is 71.3. The summed E-state index contributed by atoms with van der Waals surface area (Å²) in [6.45, 7) is 16.0. The van der Waals surface area contributed by atoms with Crippen LogP contribution in [0.4, 0.5) is 15.4 Å². The van der Waals surface area contributed by atoms with Crippen LogP contribution in [0.1, 0.15) is 74.8 Å². The van der Waals surface area contributed by atoms with Gasteiger partial charge < -0.3 is 21.2 Å². The van der Waals surface area contributed by atoms with E-state index in [9.17, 15) is 19.2 Å². The van der Waals surface area contributed by atoms with Crippen LogP contribution in [0, 0.1) is 58.5 Å². The molecule has 0 amide bonds. The first-order valence-corrected chi connectivity index (χ1v) is 32.1. The summed E-state index contributed by atoms with van der Waals surface area (Å²) in [6, 6.07) is 8.43. The standard InChI is InChI=1S/C9H9N5S.C8H5BrN4S.2C8H7N5S.C7H6BrN3O.C7H7N3O.C6H8N2O.C5H6N2O/c1-11-9-13-8(7(3-10)15-9)6-4-12-14(2)5-6;1-13-4-5(3-11-13)7-6(2-10)14-8(9)12-7;1-13-4-5(3-11-13)7-6(2-9)14-8(10)12-7;1-10-8-13-7(6(2-9)14-8)5-3-11-12-4-5;1-9-7(8)6(12)5-3-10-11(2)4-5;1-8-4-7(11)6-3-9-10(2)5-6;1-5(9)6-3-7-8(2)4-6;1-4(8)5-2-6-7-3-5/h4-5H,1-2H3,(H,11,13);3-4H,1H3;3-4H,1H3,(H2,10,12);3-4H,1H3,(H,10,13)(H,11,12);3-4,7H,2H3;3,5H,4H2,2H3;3-4H,1-2H3;2-3H,1H3,(H,6,7). The van der Waals surface area contributed by atoms with Gasteiger partial charge in [0.1, 0.15) is 66.6 Å². The van der Waals surface area contributed by atoms with E-state index in [4.69, 9.17) is 39.9 Å². The normalized spacial score (nSPS) is 10.0. The van der Waals surface area contributed by atoms with Crippen LogP contribution >= 0.6 is 77.2 Å². The number of H-pyrrole nitrogens is 2. The van der Waals surface area contributed by atoms with Gasteiger partial charge in [0, 0.05) is 144 Å². The van der Waals surface area contributed by atoms with Crippen molar-refractivity contribution >= 4 is 116 Å². The molecule has 6 N–H and O–H groups in total. The van der Waals surface area contributed by atoms with Gasteiger partial charge in [-0.1, -0.05) is 45.3 Å². The lowest BCUT2D eigenvalue weighted by Crippen LogP contribution is -2.08. The quantitative estimate of drug-likeness (QED) is 0.0329. The number of carbonyl (C=O) groups excluding carboxylic acids is 4. The molecule has 1 unspecified atom stereocenters. The van der Waals surface area contributed by atoms with Crippen molar-refractivity contribution in [1.82, 2.24) is 99.0 Å². The predicted octanol–water partition coefficient (Wildman–Crippen LogP) is 9.08. The monoisotopic (exact) mass is 1510 g/mol. The van der Waals surface area contributed by atoms with Gasteiger partial charge in [0.2, 0.25) is 5.78 Å². The average Bonchev–Trinajstić information content (AvgIpc) is 1.71. The molecule has 0 aliphatic rings. The van der Waals surface area contributed by atoms with Crippen LogP contribution in [0.5, 0.6) is 0 Å². The molecule has 0 fully saturated rings. The van der Waals surface area contributed by atoms with E-state index in [-0.39, 0.29) is 29.7 Å². The number of nitriles is 4. The summed E-state index contributed by atoms with van der Waals surface area (Å²) in [4.78, 5) is 67.8. The third-order valence-corrected chi connectivity index (χ3v) is 16.4. The molecule has 0 bridgehead atoms. The van der Waals surface area contributed by atoms with Gasteiger partial charge in [-0.3, -0.25) is 62.3 Å². The highest BCUT2D eigenvalue weighted by atomic mass is 79.9. The van der Waals surface area contributed by atoms with Crippen molar-refractivity contribution in [3.05, 3.63) is 168 Å². The third-order valence-electron chi connectivity index (χ3n) is 11.6. The number of aromatic amines is 2. The van der Waals surface area contributed by atoms with Crippen LogP contribution < -0.4 is 16.4 Å². The molecule has 0 radical (unpaired) electrons. The number of rotatable bonds is 12. The lowest BCUT2D eigenvalue weighted by molar-refractivity contribution is 0.0996. The number of thiazole rings is 4. The number of aryl methyl sites for hydroxylation is 6. The van der Waals surface area contributed by atoms with Gasteiger partial charge in [0.05, 0.1) is 71.8 Å². The lowest BCUT2D eigenvalue weighted by Gasteiger charge is -1.91. The fourth-order valence-electron chi connectivity index (χ4n) is 7.10. The number of nitrogen functional groups attached to an aromatic ring is 1. The van der Waals surface area contributed by atoms with Gasteiger partial charge in [-0.2, -0.15) is 61.8 Å². The maximum absolute atomic E-state index is 11.3. The minimum atomic E-state index is -0.790. The average molecular weight is 1510 g/mol. The largest absolute Gasteiger partial charge is 0.375 e. The first-order valence-electron chi connectivity index (χ1n) is 27.1. The molecule has 39 heteroatoms. The highest BCUT2D eigenvalue weighted by molar-refractivity contribution is 9.11. The Morgan fingerprint density at radius 1 is 0.536 bits per heavy atom. The molecule has 0 aliphatic carbocycles. The molecule has 12 aromatic rings. The number of Topliss-reactive ketones (excluding diaryl/α,β-unsaturated/α-hetero) is 4. The van der Waals surface area contributed by atoms with Crippen LogP contribution in [0.3, 0.4) is 0 Å². The number of carbonyl (C=O) groups is 4. The molecular formula is C58H55Br2N29O4S4. The van der Waals surface area contributed by atoms with Crippen LogP contribution in [-0.2, 0) is 42.3 Å². The third kappa shape index (κ3) is 23.0. The predicted molar refractivity (Wildman–Crippen MR) is 370 cm³/mol. The molecule has 1 atom stereocenters. The SMILES string of the molecule is CC(=O)c1cn[nH]c1.CC(=O)c1cnn(C)c1.CNc1nc(-c2cn[nH]c2)c(C#N)s1.CNc1nc(-c2cnn(C)c2)c(C#N)s1.Cn1cc(-c2nc(Br)sc2C#N)cn1.Cn1cc(-c2nc(N)sc2C#N)cn1.[C-]#[N+]C(Br)C(=O)c1cnn(C)c1.[C-]#[N+]CC(=O)c1cnn(C)c1. The van der Waals surface area contributed by atoms with Crippen LogP contribution in [0.15, 0.2) is 103 Å². The zero-order valence-electron chi connectivity index (χ0n) is 52.9. The zero-order valence-corrected chi connectivity index (χ0v) is 59.3. The van der Waals surface area contributed by atoms with Gasteiger partial charge in [0.25, 0.3) is 12.3 Å². The first-order chi connectivity index (χ1) is 46.4. The maximum atomic E-state index is 11.3. The number of nitrogens with one attached hydrogen (secondary N) is 4. The Kier molecular flexibility index (Phi) is 29.6. The number of hydrogen-bond donors (Lipinski definition) is 5. The summed E-state index contributed by atoms with van der Waals surface area (Å²) in [5.41, 5.74) is 13.8. The number of halogens is 2. The molecule has 494 valence electrons. The van der Waals surface area contributed by atoms with E-state index in [1.165, 1.54) is 87.1 Å². The molecule has 33 nitrogen and oxygen atoms in total. The summed E-state index contributed by atoms with van der Waals surface area (Å²) < 4.78 is 10.4. The minimum absolute atomic E-state index is 0.0405. The van der Waals surface area contributed by atoms with Crippen LogP contribution in [0.25, 0.3) is 54.7 Å². The van der Waals surface area contributed by atoms with Crippen molar-refractivity contribution in [3.8, 4) is 69.3 Å². The summed E-state index contributed by atoms with van der Waals surface area (Å²) >= 11 is 11.4. The van der Waals surface area contributed by atoms with Crippen LogP contribution in [-0.4, -0.2) is 148 Å². The van der Waals surface area contributed by atoms with E-state index in [2.05, 4.69) is 147 Å². The molecule has 0 aromatic carbocycles. The van der Waals surface area contributed by atoms with Gasteiger partial charge in [-0.05, 0) is 29.8 Å². The Balaban J connectivity index is 0.000000202. The Morgan fingerprint density at radius 2 is 0.928 bits per heavy atom. The maximum Gasteiger partial charge on any atom is 0.338 e. The van der Waals surface area contributed by atoms with E-state index in [1.54, 1.807) is 122 Å². The second-order valence-corrected chi connectivity index (χ2v) is 25.0. The van der Waals surface area contributed by atoms with Crippen molar-refractivity contribution in [1.29, 1.82) is 21.0 Å². The molecule has 0 aliphatic heterocycles.